The zero-order chi connectivity index (χ0) is 17.4. The van der Waals surface area contributed by atoms with E-state index < -0.39 is 0 Å². The molecule has 0 unspecified atom stereocenters. The van der Waals surface area contributed by atoms with Crippen molar-refractivity contribution in [3.63, 3.8) is 0 Å². The number of hydrogen-bond acceptors (Lipinski definition) is 4. The summed E-state index contributed by atoms with van der Waals surface area (Å²) in [4.78, 5) is 16.4. The first-order valence-corrected chi connectivity index (χ1v) is 8.60. The summed E-state index contributed by atoms with van der Waals surface area (Å²) in [6.07, 6.45) is 2.77. The molecule has 6 nitrogen and oxygen atoms in total. The maximum Gasteiger partial charge on any atom is 0.222 e. The molecule has 3 aromatic rings. The topological polar surface area (TPSA) is 85.3 Å². The number of nitrogens with one attached hydrogen (secondary N) is 1. The van der Waals surface area contributed by atoms with Crippen molar-refractivity contribution in [2.45, 2.75) is 32.2 Å². The summed E-state index contributed by atoms with van der Waals surface area (Å²) >= 11 is 0. The van der Waals surface area contributed by atoms with E-state index in [4.69, 9.17) is 10.7 Å². The quantitative estimate of drug-likeness (QED) is 0.768. The zero-order valence-electron chi connectivity index (χ0n) is 14.1. The van der Waals surface area contributed by atoms with E-state index in [0.29, 0.717) is 0 Å². The maximum atomic E-state index is 11.7. The van der Waals surface area contributed by atoms with Crippen LogP contribution in [0, 0.1) is 12.8 Å². The number of amides is 1. The number of anilines is 1. The molecule has 2 atom stereocenters. The molecule has 2 aromatic heterocycles. The molecule has 0 saturated heterocycles. The Kier molecular flexibility index (Phi) is 3.87. The Morgan fingerprint density at radius 3 is 2.80 bits per heavy atom. The molecule has 1 saturated carbocycles. The van der Waals surface area contributed by atoms with Gasteiger partial charge in [0, 0.05) is 23.7 Å². The van der Waals surface area contributed by atoms with Crippen molar-refractivity contribution in [3.05, 3.63) is 48.2 Å². The first-order valence-electron chi connectivity index (χ1n) is 8.60. The van der Waals surface area contributed by atoms with Gasteiger partial charge in [0.15, 0.2) is 5.65 Å². The fourth-order valence-electron chi connectivity index (χ4n) is 3.61. The average molecular weight is 335 g/mol. The van der Waals surface area contributed by atoms with Gasteiger partial charge in [0.1, 0.15) is 5.82 Å². The largest absolute Gasteiger partial charge is 0.369 e. The minimum atomic E-state index is -0.236. The summed E-state index contributed by atoms with van der Waals surface area (Å²) < 4.78 is 1.80. The standard InChI is InChI=1S/C19H21N5O/c1-12-10-17-22-16(13-6-3-2-4-7-13)11-18(24(17)23-12)21-15-9-5-8-14(15)19(20)25/h2-4,6-7,10-11,14-15,21H,5,8-9H2,1H3,(H2,20,25)/t14-,15+/m1/s1. The highest BCUT2D eigenvalue weighted by Crippen LogP contribution is 2.30. The lowest BCUT2D eigenvalue weighted by Crippen LogP contribution is -2.34. The van der Waals surface area contributed by atoms with Gasteiger partial charge in [-0.2, -0.15) is 9.61 Å². The van der Waals surface area contributed by atoms with Crippen LogP contribution in [0.1, 0.15) is 25.0 Å². The molecule has 0 spiro atoms. The zero-order valence-corrected chi connectivity index (χ0v) is 14.1. The number of nitrogens with zero attached hydrogens (tertiary/aromatic N) is 3. The number of nitrogens with two attached hydrogens (primary N) is 1. The molecule has 0 radical (unpaired) electrons. The van der Waals surface area contributed by atoms with Crippen molar-refractivity contribution in [3.8, 4) is 11.3 Å². The van der Waals surface area contributed by atoms with Crippen LogP contribution in [0.2, 0.25) is 0 Å². The summed E-state index contributed by atoms with van der Waals surface area (Å²) in [5, 5.41) is 8.03. The predicted molar refractivity (Wildman–Crippen MR) is 97.1 cm³/mol. The highest BCUT2D eigenvalue weighted by atomic mass is 16.1. The number of aryl methyl sites for hydroxylation is 1. The van der Waals surface area contributed by atoms with Crippen molar-refractivity contribution in [1.82, 2.24) is 14.6 Å². The SMILES string of the molecule is Cc1cc2nc(-c3ccccc3)cc(N[C@H]3CCC[C@H]3C(N)=O)n2n1. The number of aromatic nitrogens is 3. The Balaban J connectivity index is 1.77. The molecular formula is C19H21N5O. The first-order chi connectivity index (χ1) is 12.1. The second kappa shape index (κ2) is 6.20. The molecule has 1 fully saturated rings. The van der Waals surface area contributed by atoms with E-state index in [0.717, 1.165) is 47.7 Å². The molecule has 1 aromatic carbocycles. The van der Waals surface area contributed by atoms with Crippen LogP contribution in [0.5, 0.6) is 0 Å². The van der Waals surface area contributed by atoms with E-state index in [1.54, 1.807) is 4.52 Å². The van der Waals surface area contributed by atoms with Crippen LogP contribution in [0.25, 0.3) is 16.9 Å². The number of rotatable bonds is 4. The molecular weight excluding hydrogens is 314 g/mol. The minimum absolute atomic E-state index is 0.0382. The second-order valence-corrected chi connectivity index (χ2v) is 6.64. The Hall–Kier alpha value is -2.89. The Bertz CT molecular complexity index is 918. The van der Waals surface area contributed by atoms with Gasteiger partial charge in [0.25, 0.3) is 0 Å². The van der Waals surface area contributed by atoms with Crippen molar-refractivity contribution in [2.24, 2.45) is 11.7 Å². The molecule has 6 heteroatoms. The molecule has 25 heavy (non-hydrogen) atoms. The normalized spacial score (nSPS) is 20.0. The van der Waals surface area contributed by atoms with Gasteiger partial charge in [-0.25, -0.2) is 4.98 Å². The van der Waals surface area contributed by atoms with E-state index >= 15 is 0 Å². The highest BCUT2D eigenvalue weighted by molar-refractivity contribution is 5.78. The fourth-order valence-corrected chi connectivity index (χ4v) is 3.61. The van der Waals surface area contributed by atoms with E-state index in [9.17, 15) is 4.79 Å². The number of carbonyl (C=O) groups is 1. The number of fused-ring (bicyclic) bond motifs is 1. The van der Waals surface area contributed by atoms with Gasteiger partial charge >= 0.3 is 0 Å². The molecule has 128 valence electrons. The van der Waals surface area contributed by atoms with Crippen LogP contribution in [0.4, 0.5) is 5.82 Å². The Morgan fingerprint density at radius 1 is 1.24 bits per heavy atom. The Labute approximate surface area is 146 Å². The highest BCUT2D eigenvalue weighted by Gasteiger charge is 2.32. The summed E-state index contributed by atoms with van der Waals surface area (Å²) in [5.74, 6) is 0.468. The number of carbonyl (C=O) groups excluding carboxylic acids is 1. The van der Waals surface area contributed by atoms with Gasteiger partial charge in [-0.15, -0.1) is 0 Å². The Morgan fingerprint density at radius 2 is 2.04 bits per heavy atom. The summed E-state index contributed by atoms with van der Waals surface area (Å²) in [7, 11) is 0. The maximum absolute atomic E-state index is 11.7. The molecule has 0 aliphatic heterocycles. The van der Waals surface area contributed by atoms with Crippen LogP contribution in [-0.2, 0) is 4.79 Å². The third-order valence-corrected chi connectivity index (χ3v) is 4.83. The van der Waals surface area contributed by atoms with Gasteiger partial charge < -0.3 is 11.1 Å². The van der Waals surface area contributed by atoms with E-state index in [-0.39, 0.29) is 17.9 Å². The molecule has 3 N–H and O–H groups in total. The van der Waals surface area contributed by atoms with Crippen LogP contribution in [-0.4, -0.2) is 26.5 Å². The van der Waals surface area contributed by atoms with Gasteiger partial charge in [-0.1, -0.05) is 36.8 Å². The van der Waals surface area contributed by atoms with Gasteiger partial charge in [0.2, 0.25) is 5.91 Å². The van der Waals surface area contributed by atoms with Crippen LogP contribution >= 0.6 is 0 Å². The first kappa shape index (κ1) is 15.6. The molecule has 1 aliphatic rings. The van der Waals surface area contributed by atoms with E-state index in [1.807, 2.05) is 49.4 Å². The fraction of sp³-hybridized carbons (Fsp3) is 0.316. The smallest absolute Gasteiger partial charge is 0.222 e. The lowest BCUT2D eigenvalue weighted by molar-refractivity contribution is -0.121. The minimum Gasteiger partial charge on any atom is -0.369 e. The van der Waals surface area contributed by atoms with Crippen LogP contribution in [0.15, 0.2) is 42.5 Å². The van der Waals surface area contributed by atoms with E-state index in [2.05, 4.69) is 10.4 Å². The van der Waals surface area contributed by atoms with E-state index in [1.165, 1.54) is 0 Å². The molecule has 0 bridgehead atoms. The van der Waals surface area contributed by atoms with Gasteiger partial charge in [-0.05, 0) is 19.8 Å². The number of primary amides is 1. The van der Waals surface area contributed by atoms with Crippen LogP contribution in [0.3, 0.4) is 0 Å². The summed E-state index contributed by atoms with van der Waals surface area (Å²) in [6.45, 7) is 1.95. The summed E-state index contributed by atoms with van der Waals surface area (Å²) in [6, 6.07) is 14.0. The number of hydrogen-bond donors (Lipinski definition) is 2. The lowest BCUT2D eigenvalue weighted by atomic mass is 10.0. The van der Waals surface area contributed by atoms with Crippen molar-refractivity contribution in [1.29, 1.82) is 0 Å². The second-order valence-electron chi connectivity index (χ2n) is 6.64. The van der Waals surface area contributed by atoms with Crippen LogP contribution < -0.4 is 11.1 Å². The van der Waals surface area contributed by atoms with Gasteiger partial charge in [-0.3, -0.25) is 4.79 Å². The third kappa shape index (κ3) is 2.95. The third-order valence-electron chi connectivity index (χ3n) is 4.83. The lowest BCUT2D eigenvalue weighted by Gasteiger charge is -2.20. The number of benzene rings is 1. The molecule has 2 heterocycles. The van der Waals surface area contributed by atoms with Crippen molar-refractivity contribution >= 4 is 17.4 Å². The molecule has 1 amide bonds. The summed E-state index contributed by atoms with van der Waals surface area (Å²) in [5.41, 5.74) is 9.18. The monoisotopic (exact) mass is 335 g/mol. The average Bonchev–Trinajstić information content (AvgIpc) is 3.21. The predicted octanol–water partition coefficient (Wildman–Crippen LogP) is 2.77. The molecule has 4 rings (SSSR count). The molecule has 1 aliphatic carbocycles. The van der Waals surface area contributed by atoms with Crippen molar-refractivity contribution < 1.29 is 4.79 Å². The van der Waals surface area contributed by atoms with Gasteiger partial charge in [0.05, 0.1) is 17.3 Å². The van der Waals surface area contributed by atoms with Crippen molar-refractivity contribution in [2.75, 3.05) is 5.32 Å².